The van der Waals surface area contributed by atoms with Gasteiger partial charge in [-0.15, -0.1) is 0 Å². The SMILES string of the molecule is COc1ccc(Nc2ncccc2C(=O)NCc2cccnc2)cc1. The maximum atomic E-state index is 12.5. The van der Waals surface area contributed by atoms with Crippen LogP contribution in [0.3, 0.4) is 0 Å². The average molecular weight is 334 g/mol. The number of nitrogens with zero attached hydrogens (tertiary/aromatic N) is 2. The highest BCUT2D eigenvalue weighted by molar-refractivity contribution is 5.99. The van der Waals surface area contributed by atoms with Gasteiger partial charge in [0.2, 0.25) is 0 Å². The van der Waals surface area contributed by atoms with Crippen LogP contribution in [-0.4, -0.2) is 23.0 Å². The van der Waals surface area contributed by atoms with E-state index in [-0.39, 0.29) is 5.91 Å². The summed E-state index contributed by atoms with van der Waals surface area (Å²) < 4.78 is 5.14. The number of carbonyl (C=O) groups excluding carboxylic acids is 1. The molecule has 0 saturated heterocycles. The molecule has 3 rings (SSSR count). The van der Waals surface area contributed by atoms with Gasteiger partial charge in [0.1, 0.15) is 11.6 Å². The van der Waals surface area contributed by atoms with Gasteiger partial charge in [0.25, 0.3) is 5.91 Å². The molecule has 25 heavy (non-hydrogen) atoms. The molecule has 0 aliphatic carbocycles. The predicted octanol–water partition coefficient (Wildman–Crippen LogP) is 3.16. The number of amides is 1. The van der Waals surface area contributed by atoms with E-state index in [4.69, 9.17) is 4.74 Å². The number of rotatable bonds is 6. The molecule has 0 unspecified atom stereocenters. The molecule has 1 aromatic carbocycles. The van der Waals surface area contributed by atoms with Crippen LogP contribution in [0, 0.1) is 0 Å². The van der Waals surface area contributed by atoms with Crippen molar-refractivity contribution in [3.05, 3.63) is 78.2 Å². The zero-order chi connectivity index (χ0) is 17.5. The van der Waals surface area contributed by atoms with Crippen molar-refractivity contribution in [2.24, 2.45) is 0 Å². The van der Waals surface area contributed by atoms with Gasteiger partial charge >= 0.3 is 0 Å². The van der Waals surface area contributed by atoms with E-state index in [9.17, 15) is 4.79 Å². The number of hydrogen-bond acceptors (Lipinski definition) is 5. The predicted molar refractivity (Wildman–Crippen MR) is 95.9 cm³/mol. The van der Waals surface area contributed by atoms with Crippen molar-refractivity contribution in [3.63, 3.8) is 0 Å². The minimum Gasteiger partial charge on any atom is -0.497 e. The van der Waals surface area contributed by atoms with Crippen molar-refractivity contribution in [3.8, 4) is 5.75 Å². The first-order chi connectivity index (χ1) is 12.3. The highest BCUT2D eigenvalue weighted by Crippen LogP contribution is 2.21. The minimum absolute atomic E-state index is 0.201. The zero-order valence-corrected chi connectivity index (χ0v) is 13.8. The van der Waals surface area contributed by atoms with Crippen LogP contribution in [0.15, 0.2) is 67.1 Å². The van der Waals surface area contributed by atoms with Crippen LogP contribution in [0.25, 0.3) is 0 Å². The standard InChI is InChI=1S/C19H18N4O2/c1-25-16-8-6-15(7-9-16)23-18-17(5-3-11-21-18)19(24)22-13-14-4-2-10-20-12-14/h2-12H,13H2,1H3,(H,21,23)(H,22,24). The number of anilines is 2. The summed E-state index contributed by atoms with van der Waals surface area (Å²) in [6.45, 7) is 0.406. The molecule has 0 atom stereocenters. The lowest BCUT2D eigenvalue weighted by Crippen LogP contribution is -2.24. The average Bonchev–Trinajstić information content (AvgIpc) is 2.68. The summed E-state index contributed by atoms with van der Waals surface area (Å²) in [6.07, 6.45) is 5.06. The van der Waals surface area contributed by atoms with Gasteiger partial charge in [-0.25, -0.2) is 4.98 Å². The van der Waals surface area contributed by atoms with Crippen LogP contribution in [0.5, 0.6) is 5.75 Å². The van der Waals surface area contributed by atoms with Crippen LogP contribution >= 0.6 is 0 Å². The monoisotopic (exact) mass is 334 g/mol. The third-order valence-corrected chi connectivity index (χ3v) is 3.58. The van der Waals surface area contributed by atoms with Gasteiger partial charge in [0, 0.05) is 30.8 Å². The Morgan fingerprint density at radius 2 is 1.88 bits per heavy atom. The van der Waals surface area contributed by atoms with Gasteiger partial charge < -0.3 is 15.4 Å². The lowest BCUT2D eigenvalue weighted by molar-refractivity contribution is 0.0951. The molecule has 0 aliphatic rings. The summed E-state index contributed by atoms with van der Waals surface area (Å²) in [4.78, 5) is 20.8. The van der Waals surface area contributed by atoms with Crippen LogP contribution < -0.4 is 15.4 Å². The number of aromatic nitrogens is 2. The number of ether oxygens (including phenoxy) is 1. The van der Waals surface area contributed by atoms with E-state index in [0.717, 1.165) is 17.0 Å². The number of methoxy groups -OCH3 is 1. The first-order valence-electron chi connectivity index (χ1n) is 7.79. The molecule has 0 spiro atoms. The fraction of sp³-hybridized carbons (Fsp3) is 0.105. The second-order valence-corrected chi connectivity index (χ2v) is 5.30. The molecule has 2 aromatic heterocycles. The van der Waals surface area contributed by atoms with Gasteiger partial charge in [-0.1, -0.05) is 6.07 Å². The summed E-state index contributed by atoms with van der Waals surface area (Å²) >= 11 is 0. The summed E-state index contributed by atoms with van der Waals surface area (Å²) in [5.41, 5.74) is 2.23. The lowest BCUT2D eigenvalue weighted by Gasteiger charge is -2.11. The van der Waals surface area contributed by atoms with E-state index in [1.165, 1.54) is 0 Å². The first-order valence-corrected chi connectivity index (χ1v) is 7.79. The van der Waals surface area contributed by atoms with Gasteiger partial charge in [-0.3, -0.25) is 9.78 Å². The number of nitrogens with one attached hydrogen (secondary N) is 2. The van der Waals surface area contributed by atoms with Crippen LogP contribution in [0.4, 0.5) is 11.5 Å². The second kappa shape index (κ2) is 7.92. The molecule has 2 N–H and O–H groups in total. The van der Waals surface area contributed by atoms with Crippen LogP contribution in [0.1, 0.15) is 15.9 Å². The lowest BCUT2D eigenvalue weighted by atomic mass is 10.2. The van der Waals surface area contributed by atoms with E-state index in [1.54, 1.807) is 37.8 Å². The van der Waals surface area contributed by atoms with Gasteiger partial charge in [-0.2, -0.15) is 0 Å². The van der Waals surface area contributed by atoms with Gasteiger partial charge in [-0.05, 0) is 48.0 Å². The van der Waals surface area contributed by atoms with Crippen molar-refractivity contribution in [2.75, 3.05) is 12.4 Å². The molecule has 6 heteroatoms. The molecule has 0 saturated carbocycles. The minimum atomic E-state index is -0.201. The number of pyridine rings is 2. The topological polar surface area (TPSA) is 76.1 Å². The number of hydrogen-bond donors (Lipinski definition) is 2. The highest BCUT2D eigenvalue weighted by atomic mass is 16.5. The Hall–Kier alpha value is -3.41. The van der Waals surface area contributed by atoms with Gasteiger partial charge in [0.05, 0.1) is 12.7 Å². The van der Waals surface area contributed by atoms with E-state index >= 15 is 0 Å². The smallest absolute Gasteiger partial charge is 0.255 e. The third-order valence-electron chi connectivity index (χ3n) is 3.58. The molecule has 6 nitrogen and oxygen atoms in total. The molecular weight excluding hydrogens is 316 g/mol. The normalized spacial score (nSPS) is 10.1. The Kier molecular flexibility index (Phi) is 5.21. The Morgan fingerprint density at radius 3 is 2.60 bits per heavy atom. The maximum Gasteiger partial charge on any atom is 0.255 e. The molecule has 0 radical (unpaired) electrons. The zero-order valence-electron chi connectivity index (χ0n) is 13.8. The Morgan fingerprint density at radius 1 is 1.08 bits per heavy atom. The summed E-state index contributed by atoms with van der Waals surface area (Å²) in [5.74, 6) is 1.06. The van der Waals surface area contributed by atoms with Crippen LogP contribution in [0.2, 0.25) is 0 Å². The second-order valence-electron chi connectivity index (χ2n) is 5.30. The summed E-state index contributed by atoms with van der Waals surface area (Å²) in [6, 6.07) is 14.6. The summed E-state index contributed by atoms with van der Waals surface area (Å²) in [7, 11) is 1.62. The van der Waals surface area contributed by atoms with Crippen molar-refractivity contribution in [1.82, 2.24) is 15.3 Å². The van der Waals surface area contributed by atoms with E-state index in [0.29, 0.717) is 17.9 Å². The molecule has 0 bridgehead atoms. The number of benzene rings is 1. The molecular formula is C19H18N4O2. The van der Waals surface area contributed by atoms with E-state index in [1.807, 2.05) is 36.4 Å². The first kappa shape index (κ1) is 16.4. The summed E-state index contributed by atoms with van der Waals surface area (Å²) in [5, 5.41) is 6.04. The Labute approximate surface area is 145 Å². The third kappa shape index (κ3) is 4.32. The van der Waals surface area contributed by atoms with Gasteiger partial charge in [0.15, 0.2) is 0 Å². The number of carbonyl (C=O) groups is 1. The van der Waals surface area contributed by atoms with E-state index < -0.39 is 0 Å². The molecule has 1 amide bonds. The van der Waals surface area contributed by atoms with Crippen molar-refractivity contribution >= 4 is 17.4 Å². The Balaban J connectivity index is 1.72. The highest BCUT2D eigenvalue weighted by Gasteiger charge is 2.12. The molecule has 0 fully saturated rings. The Bertz CT molecular complexity index is 836. The van der Waals surface area contributed by atoms with E-state index in [2.05, 4.69) is 20.6 Å². The van der Waals surface area contributed by atoms with Crippen LogP contribution in [-0.2, 0) is 6.54 Å². The fourth-order valence-electron chi connectivity index (χ4n) is 2.28. The quantitative estimate of drug-likeness (QED) is 0.724. The fourth-order valence-corrected chi connectivity index (χ4v) is 2.28. The molecule has 2 heterocycles. The maximum absolute atomic E-state index is 12.5. The largest absolute Gasteiger partial charge is 0.497 e. The molecule has 3 aromatic rings. The molecule has 0 aliphatic heterocycles. The van der Waals surface area contributed by atoms with Crippen molar-refractivity contribution in [1.29, 1.82) is 0 Å². The van der Waals surface area contributed by atoms with Crippen molar-refractivity contribution in [2.45, 2.75) is 6.54 Å². The molecule has 126 valence electrons. The van der Waals surface area contributed by atoms with Crippen molar-refractivity contribution < 1.29 is 9.53 Å².